The lowest BCUT2D eigenvalue weighted by Crippen LogP contribution is -1.96. The zero-order chi connectivity index (χ0) is 9.84. The number of hydrogen-bond acceptors (Lipinski definition) is 3. The fourth-order valence-corrected chi connectivity index (χ4v) is 2.18. The molecule has 0 atom stereocenters. The van der Waals surface area contributed by atoms with Crippen molar-refractivity contribution < 1.29 is 9.53 Å². The Morgan fingerprint density at radius 1 is 1.62 bits per heavy atom. The zero-order valence-corrected chi connectivity index (χ0v) is 9.57. The summed E-state index contributed by atoms with van der Waals surface area (Å²) in [6.07, 6.45) is 0. The highest BCUT2D eigenvalue weighted by atomic mass is 79.9. The normalized spacial score (nSPS) is 9.69. The minimum atomic E-state index is -0.293. The van der Waals surface area contributed by atoms with Gasteiger partial charge in [-0.2, -0.15) is 0 Å². The van der Waals surface area contributed by atoms with Gasteiger partial charge in [0.25, 0.3) is 0 Å². The molecule has 0 aliphatic rings. The van der Waals surface area contributed by atoms with Gasteiger partial charge >= 0.3 is 5.97 Å². The molecule has 0 fully saturated rings. The molecule has 0 amide bonds. The van der Waals surface area contributed by atoms with Gasteiger partial charge in [-0.25, -0.2) is 4.79 Å². The van der Waals surface area contributed by atoms with Gasteiger partial charge < -0.3 is 4.74 Å². The molecule has 0 aromatic carbocycles. The molecule has 0 aliphatic carbocycles. The lowest BCUT2D eigenvalue weighted by Gasteiger charge is -1.95. The van der Waals surface area contributed by atoms with Crippen LogP contribution in [0.2, 0.25) is 0 Å². The average Bonchev–Trinajstić information content (AvgIpc) is 2.64. The summed E-state index contributed by atoms with van der Waals surface area (Å²) in [6, 6.07) is 3.63. The molecule has 1 aromatic rings. The predicted molar refractivity (Wildman–Crippen MR) is 58.5 cm³/mol. The van der Waals surface area contributed by atoms with E-state index in [1.807, 2.05) is 6.07 Å². The van der Waals surface area contributed by atoms with E-state index in [1.165, 1.54) is 18.4 Å². The lowest BCUT2D eigenvalue weighted by molar-refractivity contribution is 0.0606. The SMILES string of the molecule is C=C(CBr)c1ccc(C(=O)OC)s1. The molecule has 0 aliphatic heterocycles. The van der Waals surface area contributed by atoms with Gasteiger partial charge in [-0.1, -0.05) is 22.5 Å². The monoisotopic (exact) mass is 260 g/mol. The quantitative estimate of drug-likeness (QED) is 0.617. The average molecular weight is 261 g/mol. The predicted octanol–water partition coefficient (Wildman–Crippen LogP) is 2.94. The molecule has 13 heavy (non-hydrogen) atoms. The van der Waals surface area contributed by atoms with Gasteiger partial charge in [0.1, 0.15) is 4.88 Å². The second-order valence-electron chi connectivity index (χ2n) is 2.39. The molecular weight excluding hydrogens is 252 g/mol. The highest BCUT2D eigenvalue weighted by Crippen LogP contribution is 2.24. The third-order valence-corrected chi connectivity index (χ3v) is 3.35. The number of hydrogen-bond donors (Lipinski definition) is 0. The Bertz CT molecular complexity index is 300. The standard InChI is InChI=1S/C9H9BrO2S/c1-6(5-10)7-3-4-8(13-7)9(11)12-2/h3-4H,1,5H2,2H3. The van der Waals surface area contributed by atoms with Gasteiger partial charge in [0.2, 0.25) is 0 Å². The number of carbonyl (C=O) groups is 1. The van der Waals surface area contributed by atoms with E-state index >= 15 is 0 Å². The topological polar surface area (TPSA) is 26.3 Å². The molecule has 2 nitrogen and oxygen atoms in total. The van der Waals surface area contributed by atoms with Crippen molar-refractivity contribution in [3.8, 4) is 0 Å². The second-order valence-corrected chi connectivity index (χ2v) is 4.04. The van der Waals surface area contributed by atoms with Crippen molar-refractivity contribution in [2.24, 2.45) is 0 Å². The van der Waals surface area contributed by atoms with Crippen LogP contribution in [0, 0.1) is 0 Å². The number of carbonyl (C=O) groups excluding carboxylic acids is 1. The number of rotatable bonds is 3. The van der Waals surface area contributed by atoms with Crippen molar-refractivity contribution in [3.63, 3.8) is 0 Å². The molecule has 0 saturated carbocycles. The smallest absolute Gasteiger partial charge is 0.348 e. The Morgan fingerprint density at radius 3 is 2.77 bits per heavy atom. The summed E-state index contributed by atoms with van der Waals surface area (Å²) >= 11 is 4.70. The summed E-state index contributed by atoms with van der Waals surface area (Å²) < 4.78 is 4.59. The fourth-order valence-electron chi connectivity index (χ4n) is 0.804. The summed E-state index contributed by atoms with van der Waals surface area (Å²) in [5.41, 5.74) is 0.972. The van der Waals surface area contributed by atoms with Gasteiger partial charge in [0, 0.05) is 10.2 Å². The van der Waals surface area contributed by atoms with Crippen molar-refractivity contribution >= 4 is 38.8 Å². The first-order valence-electron chi connectivity index (χ1n) is 3.61. The minimum absolute atomic E-state index is 0.293. The van der Waals surface area contributed by atoms with Crippen LogP contribution < -0.4 is 0 Å². The summed E-state index contributed by atoms with van der Waals surface area (Å²) in [7, 11) is 1.38. The van der Waals surface area contributed by atoms with Crippen molar-refractivity contribution in [2.75, 3.05) is 12.4 Å². The Morgan fingerprint density at radius 2 is 2.23 bits per heavy atom. The number of thiophene rings is 1. The Balaban J connectivity index is 2.86. The number of allylic oxidation sites excluding steroid dienone is 1. The fraction of sp³-hybridized carbons (Fsp3) is 0.222. The van der Waals surface area contributed by atoms with Crippen LogP contribution in [0.25, 0.3) is 5.57 Å². The van der Waals surface area contributed by atoms with E-state index < -0.39 is 0 Å². The first-order valence-corrected chi connectivity index (χ1v) is 5.55. The van der Waals surface area contributed by atoms with Gasteiger partial charge in [0.15, 0.2) is 0 Å². The maximum Gasteiger partial charge on any atom is 0.348 e. The van der Waals surface area contributed by atoms with Crippen LogP contribution in [0.4, 0.5) is 0 Å². The molecule has 1 heterocycles. The van der Waals surface area contributed by atoms with E-state index in [0.717, 1.165) is 10.5 Å². The lowest BCUT2D eigenvalue weighted by atomic mass is 10.3. The van der Waals surface area contributed by atoms with Crippen LogP contribution in [0.1, 0.15) is 14.5 Å². The van der Waals surface area contributed by atoms with E-state index in [1.54, 1.807) is 6.07 Å². The first-order chi connectivity index (χ1) is 6.19. The van der Waals surface area contributed by atoms with E-state index in [0.29, 0.717) is 10.2 Å². The van der Waals surface area contributed by atoms with Crippen LogP contribution in [0.15, 0.2) is 18.7 Å². The summed E-state index contributed by atoms with van der Waals surface area (Å²) in [4.78, 5) is 12.7. The number of ether oxygens (including phenoxy) is 1. The first kappa shape index (κ1) is 10.5. The zero-order valence-electron chi connectivity index (χ0n) is 7.17. The van der Waals surface area contributed by atoms with Crippen molar-refractivity contribution in [1.82, 2.24) is 0 Å². The van der Waals surface area contributed by atoms with Crippen LogP contribution in [-0.4, -0.2) is 18.4 Å². The number of esters is 1. The molecule has 70 valence electrons. The molecule has 1 aromatic heterocycles. The summed E-state index contributed by atoms with van der Waals surface area (Å²) in [5.74, 6) is -0.293. The van der Waals surface area contributed by atoms with E-state index in [-0.39, 0.29) is 5.97 Å². The van der Waals surface area contributed by atoms with Crippen LogP contribution >= 0.6 is 27.3 Å². The van der Waals surface area contributed by atoms with Gasteiger partial charge in [-0.15, -0.1) is 11.3 Å². The summed E-state index contributed by atoms with van der Waals surface area (Å²) in [6.45, 7) is 3.85. The maximum absolute atomic E-state index is 11.1. The third-order valence-electron chi connectivity index (χ3n) is 1.50. The molecule has 0 bridgehead atoms. The molecule has 0 spiro atoms. The Kier molecular flexibility index (Phi) is 3.69. The molecule has 0 N–H and O–H groups in total. The van der Waals surface area contributed by atoms with Gasteiger partial charge in [-0.3, -0.25) is 0 Å². The van der Waals surface area contributed by atoms with Gasteiger partial charge in [-0.05, 0) is 17.7 Å². The highest BCUT2D eigenvalue weighted by molar-refractivity contribution is 9.09. The maximum atomic E-state index is 11.1. The van der Waals surface area contributed by atoms with Crippen LogP contribution in [-0.2, 0) is 4.74 Å². The van der Waals surface area contributed by atoms with E-state index in [2.05, 4.69) is 27.2 Å². The summed E-state index contributed by atoms with van der Waals surface area (Å²) in [5, 5.41) is 0.716. The number of halogens is 1. The molecular formula is C9H9BrO2S. The van der Waals surface area contributed by atoms with Crippen molar-refractivity contribution in [1.29, 1.82) is 0 Å². The molecule has 4 heteroatoms. The number of alkyl halides is 1. The van der Waals surface area contributed by atoms with Crippen molar-refractivity contribution in [3.05, 3.63) is 28.5 Å². The van der Waals surface area contributed by atoms with Crippen LogP contribution in [0.3, 0.4) is 0 Å². The van der Waals surface area contributed by atoms with Crippen molar-refractivity contribution in [2.45, 2.75) is 0 Å². The molecule has 0 saturated heterocycles. The second kappa shape index (κ2) is 4.58. The number of methoxy groups -OCH3 is 1. The highest BCUT2D eigenvalue weighted by Gasteiger charge is 2.09. The molecule has 0 unspecified atom stereocenters. The van der Waals surface area contributed by atoms with Crippen LogP contribution in [0.5, 0.6) is 0 Å². The van der Waals surface area contributed by atoms with E-state index in [9.17, 15) is 4.79 Å². The Hall–Kier alpha value is -0.610. The van der Waals surface area contributed by atoms with E-state index in [4.69, 9.17) is 0 Å². The van der Waals surface area contributed by atoms with Gasteiger partial charge in [0.05, 0.1) is 7.11 Å². The molecule has 1 rings (SSSR count). The third kappa shape index (κ3) is 2.42. The molecule has 0 radical (unpaired) electrons. The Labute approximate surface area is 89.3 Å². The minimum Gasteiger partial charge on any atom is -0.465 e. The largest absolute Gasteiger partial charge is 0.465 e.